The molecule has 7 atom stereocenters. The second-order valence-electron chi connectivity index (χ2n) is 12.0. The van der Waals surface area contributed by atoms with Gasteiger partial charge in [-0.2, -0.15) is 5.26 Å². The second kappa shape index (κ2) is 12.0. The van der Waals surface area contributed by atoms with Crippen LogP contribution < -0.4 is 4.74 Å². The summed E-state index contributed by atoms with van der Waals surface area (Å²) in [6, 6.07) is 5.28. The molecule has 0 bridgehead atoms. The van der Waals surface area contributed by atoms with E-state index in [4.69, 9.17) is 18.9 Å². The van der Waals surface area contributed by atoms with E-state index >= 15 is 0 Å². The summed E-state index contributed by atoms with van der Waals surface area (Å²) >= 11 is 0. The molecule has 2 aliphatic carbocycles. The lowest BCUT2D eigenvalue weighted by Crippen LogP contribution is -2.60. The van der Waals surface area contributed by atoms with Crippen LogP contribution in [-0.2, 0) is 25.4 Å². The molecule has 0 saturated carbocycles. The lowest BCUT2D eigenvalue weighted by atomic mass is 9.72. The van der Waals surface area contributed by atoms with Gasteiger partial charge in [-0.3, -0.25) is 19.3 Å². The molecule has 0 radical (unpaired) electrons. The van der Waals surface area contributed by atoms with Crippen molar-refractivity contribution in [2.24, 2.45) is 0 Å². The van der Waals surface area contributed by atoms with Gasteiger partial charge in [-0.05, 0) is 13.0 Å². The number of ketones is 3. The highest BCUT2D eigenvalue weighted by atomic mass is 16.7. The first-order valence-corrected chi connectivity index (χ1v) is 14.9. The molecular formula is C32H34N2O12. The molecule has 2 fully saturated rings. The van der Waals surface area contributed by atoms with Gasteiger partial charge in [0.2, 0.25) is 5.78 Å². The molecule has 5 N–H and O–H groups in total. The Labute approximate surface area is 263 Å². The highest BCUT2D eigenvalue weighted by Gasteiger charge is 2.51. The predicted octanol–water partition coefficient (Wildman–Crippen LogP) is 0.267. The van der Waals surface area contributed by atoms with Gasteiger partial charge in [-0.1, -0.05) is 12.1 Å². The maximum Gasteiger partial charge on any atom is 0.202 e. The summed E-state index contributed by atoms with van der Waals surface area (Å²) in [5.74, 6) is -3.87. The zero-order chi connectivity index (χ0) is 33.1. The fourth-order valence-electron chi connectivity index (χ4n) is 7.15. The van der Waals surface area contributed by atoms with Gasteiger partial charge in [-0.15, -0.1) is 0 Å². The van der Waals surface area contributed by atoms with E-state index in [1.54, 1.807) is 11.8 Å². The van der Waals surface area contributed by atoms with Crippen molar-refractivity contribution in [3.05, 3.63) is 51.6 Å². The molecule has 2 aromatic rings. The van der Waals surface area contributed by atoms with E-state index in [2.05, 4.69) is 6.07 Å². The molecule has 2 aromatic carbocycles. The first-order chi connectivity index (χ1) is 21.9. The number of aliphatic hydroxyl groups is 3. The molecule has 14 heteroatoms. The molecule has 244 valence electrons. The van der Waals surface area contributed by atoms with E-state index in [-0.39, 0.29) is 41.0 Å². The van der Waals surface area contributed by atoms with E-state index < -0.39 is 102 Å². The molecule has 0 aromatic heterocycles. The summed E-state index contributed by atoms with van der Waals surface area (Å²) < 4.78 is 23.0. The number of ether oxygens (including phenoxy) is 4. The lowest BCUT2D eigenvalue weighted by molar-refractivity contribution is -0.262. The number of methoxy groups -OCH3 is 1. The first-order valence-electron chi connectivity index (χ1n) is 14.9. The van der Waals surface area contributed by atoms with Crippen molar-refractivity contribution >= 4 is 17.3 Å². The molecular weight excluding hydrogens is 604 g/mol. The molecule has 14 nitrogen and oxygen atoms in total. The van der Waals surface area contributed by atoms with Crippen LogP contribution in [0.4, 0.5) is 0 Å². The average molecular weight is 639 g/mol. The van der Waals surface area contributed by atoms with Crippen molar-refractivity contribution in [2.45, 2.75) is 68.5 Å². The van der Waals surface area contributed by atoms with Crippen LogP contribution in [-0.4, -0.2) is 117 Å². The number of morpholine rings is 1. The number of fused-ring (bicyclic) bond motifs is 3. The minimum Gasteiger partial charge on any atom is -0.507 e. The van der Waals surface area contributed by atoms with Gasteiger partial charge in [0.15, 0.2) is 17.9 Å². The summed E-state index contributed by atoms with van der Waals surface area (Å²) in [4.78, 5) is 42.2. The third kappa shape index (κ3) is 4.96. The second-order valence-corrected chi connectivity index (χ2v) is 12.0. The molecule has 0 spiro atoms. The molecule has 2 heterocycles. The number of aliphatic hydroxyl groups excluding tert-OH is 2. The number of hydrogen-bond donors (Lipinski definition) is 5. The Hall–Kier alpha value is -3.94. The standard InChI is InChI=1S/C32H34N2O12/c1-14-27(37)18(34-6-7-44-13-15(34)11-33)8-22(45-14)46-20-10-32(42,21(36)12-35)9-17-24(20)31(41)26-25(29(17)39)28(38)16-4-3-5-19(43-2)23(16)30(26)40/h3-5,14-15,18,20,22,27,35,37,39,41-42H,6-10,12-13H2,1-2H3/t14-,15-,18-,20-,22-,27+,32-/m0/s1. The van der Waals surface area contributed by atoms with Gasteiger partial charge in [0.25, 0.3) is 0 Å². The Balaban J connectivity index is 1.44. The minimum atomic E-state index is -2.29. The third-order valence-electron chi connectivity index (χ3n) is 9.48. The van der Waals surface area contributed by atoms with E-state index in [0.29, 0.717) is 13.2 Å². The lowest BCUT2D eigenvalue weighted by Gasteiger charge is -2.47. The normalized spacial score (nSPS) is 31.0. The number of nitrogens with zero attached hydrogens (tertiary/aromatic N) is 2. The number of Topliss-reactive ketones (excluding diaryl/α,β-unsaturated/α-hetero) is 1. The maximum atomic E-state index is 13.9. The molecule has 4 aliphatic rings. The highest BCUT2D eigenvalue weighted by Crippen LogP contribution is 2.52. The highest BCUT2D eigenvalue weighted by molar-refractivity contribution is 6.31. The van der Waals surface area contributed by atoms with Gasteiger partial charge in [0, 0.05) is 48.5 Å². The summed E-state index contributed by atoms with van der Waals surface area (Å²) in [6.45, 7) is 1.42. The molecule has 46 heavy (non-hydrogen) atoms. The van der Waals surface area contributed by atoms with Crippen molar-refractivity contribution in [3.63, 3.8) is 0 Å². The van der Waals surface area contributed by atoms with Crippen LogP contribution in [0.15, 0.2) is 18.2 Å². The van der Waals surface area contributed by atoms with Gasteiger partial charge >= 0.3 is 0 Å². The number of hydrogen-bond acceptors (Lipinski definition) is 14. The van der Waals surface area contributed by atoms with Crippen LogP contribution >= 0.6 is 0 Å². The van der Waals surface area contributed by atoms with Gasteiger partial charge in [0.1, 0.15) is 35.5 Å². The number of benzene rings is 2. The zero-order valence-electron chi connectivity index (χ0n) is 25.1. The van der Waals surface area contributed by atoms with Crippen molar-refractivity contribution in [1.82, 2.24) is 4.90 Å². The van der Waals surface area contributed by atoms with Crippen molar-refractivity contribution < 1.29 is 58.9 Å². The van der Waals surface area contributed by atoms with Gasteiger partial charge in [-0.25, -0.2) is 0 Å². The molecule has 0 amide bonds. The number of phenolic OH excluding ortho intramolecular Hbond substituents is 2. The SMILES string of the molecule is COc1cccc2c1C(=O)c1c(O)c3c(c(O)c1C2=O)C[C@@](O)(C(=O)CO)C[C@@H]3O[C@H]1C[C@H](N2CCOC[C@@H]2C#N)[C@H](O)[C@H](C)O1. The Bertz CT molecular complexity index is 1650. The monoisotopic (exact) mass is 638 g/mol. The molecule has 0 unspecified atom stereocenters. The van der Waals surface area contributed by atoms with E-state index in [9.17, 15) is 45.2 Å². The van der Waals surface area contributed by atoms with Crippen LogP contribution in [0.2, 0.25) is 0 Å². The van der Waals surface area contributed by atoms with Crippen LogP contribution in [0, 0.1) is 11.3 Å². The topological polar surface area (TPSA) is 216 Å². The average Bonchev–Trinajstić information content (AvgIpc) is 3.05. The Kier molecular flexibility index (Phi) is 8.36. The Morgan fingerprint density at radius 1 is 1.17 bits per heavy atom. The van der Waals surface area contributed by atoms with Crippen LogP contribution in [0.25, 0.3) is 0 Å². The smallest absolute Gasteiger partial charge is 0.202 e. The van der Waals surface area contributed by atoms with Gasteiger partial charge in [0.05, 0.1) is 61.4 Å². The van der Waals surface area contributed by atoms with Crippen molar-refractivity contribution in [2.75, 3.05) is 33.5 Å². The first kappa shape index (κ1) is 32.0. The van der Waals surface area contributed by atoms with Crippen LogP contribution in [0.5, 0.6) is 17.2 Å². The number of carbonyl (C=O) groups excluding carboxylic acids is 3. The fourth-order valence-corrected chi connectivity index (χ4v) is 7.15. The number of rotatable bonds is 6. The summed E-state index contributed by atoms with van der Waals surface area (Å²) in [7, 11) is 1.32. The van der Waals surface area contributed by atoms with Crippen LogP contribution in [0.1, 0.15) is 68.8 Å². The fraction of sp³-hybridized carbons (Fsp3) is 0.500. The summed E-state index contributed by atoms with van der Waals surface area (Å²) in [6.07, 6.45) is -5.39. The van der Waals surface area contributed by atoms with E-state index in [0.717, 1.165) is 0 Å². The number of carbonyl (C=O) groups is 3. The number of aromatic hydroxyl groups is 2. The number of phenols is 2. The van der Waals surface area contributed by atoms with Crippen LogP contribution in [0.3, 0.4) is 0 Å². The minimum absolute atomic E-state index is 0.0293. The molecule has 2 aliphatic heterocycles. The van der Waals surface area contributed by atoms with Gasteiger partial charge < -0.3 is 44.5 Å². The van der Waals surface area contributed by atoms with E-state index in [1.165, 1.54) is 25.3 Å². The summed E-state index contributed by atoms with van der Waals surface area (Å²) in [5, 5.41) is 65.1. The molecule has 2 saturated heterocycles. The maximum absolute atomic E-state index is 13.9. The Morgan fingerprint density at radius 2 is 1.91 bits per heavy atom. The summed E-state index contributed by atoms with van der Waals surface area (Å²) in [5.41, 5.74) is -3.78. The van der Waals surface area contributed by atoms with Crippen molar-refractivity contribution in [3.8, 4) is 23.3 Å². The molecule has 6 rings (SSSR count). The number of nitriles is 1. The quantitative estimate of drug-likeness (QED) is 0.229. The largest absolute Gasteiger partial charge is 0.507 e. The predicted molar refractivity (Wildman–Crippen MR) is 154 cm³/mol. The zero-order valence-corrected chi connectivity index (χ0v) is 25.1. The third-order valence-corrected chi connectivity index (χ3v) is 9.48. The van der Waals surface area contributed by atoms with Crippen molar-refractivity contribution in [1.29, 1.82) is 5.26 Å². The van der Waals surface area contributed by atoms with E-state index in [1.807, 2.05) is 0 Å². The Morgan fingerprint density at radius 3 is 2.61 bits per heavy atom.